The lowest BCUT2D eigenvalue weighted by molar-refractivity contribution is 0.607. The number of fused-ring (bicyclic) bond motifs is 1. The number of para-hydroxylation sites is 1. The first-order chi connectivity index (χ1) is 10.2. The molecule has 3 aromatic rings. The van der Waals surface area contributed by atoms with Crippen molar-refractivity contribution in [2.24, 2.45) is 0 Å². The Morgan fingerprint density at radius 1 is 1.29 bits per heavy atom. The first-order valence-corrected chi connectivity index (χ1v) is 8.67. The number of halogens is 1. The number of rotatable bonds is 4. The predicted octanol–water partition coefficient (Wildman–Crippen LogP) is 5.40. The average Bonchev–Trinajstić information content (AvgIpc) is 2.96. The Balaban J connectivity index is 2.05. The van der Waals surface area contributed by atoms with Crippen molar-refractivity contribution in [3.05, 3.63) is 51.9 Å². The summed E-state index contributed by atoms with van der Waals surface area (Å²) in [5, 5.41) is 4.62. The SMILES string of the molecule is CCNC(C)c1ccc(-c2cccc3cc(Br)cnc23)s1. The Kier molecular flexibility index (Phi) is 4.38. The fourth-order valence-electron chi connectivity index (χ4n) is 2.47. The van der Waals surface area contributed by atoms with E-state index in [4.69, 9.17) is 0 Å². The van der Waals surface area contributed by atoms with E-state index in [0.717, 1.165) is 21.9 Å². The first kappa shape index (κ1) is 14.7. The van der Waals surface area contributed by atoms with Gasteiger partial charge in [-0.25, -0.2) is 0 Å². The van der Waals surface area contributed by atoms with E-state index in [1.165, 1.54) is 15.3 Å². The Morgan fingerprint density at radius 2 is 2.14 bits per heavy atom. The van der Waals surface area contributed by atoms with Crippen LogP contribution >= 0.6 is 27.3 Å². The van der Waals surface area contributed by atoms with Crippen LogP contribution in [0.5, 0.6) is 0 Å². The van der Waals surface area contributed by atoms with Crippen LogP contribution in [0, 0.1) is 0 Å². The molecule has 1 N–H and O–H groups in total. The van der Waals surface area contributed by atoms with Gasteiger partial charge >= 0.3 is 0 Å². The van der Waals surface area contributed by atoms with Crippen molar-refractivity contribution in [1.82, 2.24) is 10.3 Å². The highest BCUT2D eigenvalue weighted by atomic mass is 79.9. The maximum atomic E-state index is 4.59. The highest BCUT2D eigenvalue weighted by molar-refractivity contribution is 9.10. The molecule has 0 bridgehead atoms. The van der Waals surface area contributed by atoms with Gasteiger partial charge in [-0.15, -0.1) is 11.3 Å². The molecule has 108 valence electrons. The third-order valence-electron chi connectivity index (χ3n) is 3.51. The number of thiophene rings is 1. The summed E-state index contributed by atoms with van der Waals surface area (Å²) in [5.74, 6) is 0. The van der Waals surface area contributed by atoms with Crippen LogP contribution in [0.2, 0.25) is 0 Å². The third kappa shape index (κ3) is 3.03. The molecule has 0 radical (unpaired) electrons. The van der Waals surface area contributed by atoms with Crippen LogP contribution in [0.4, 0.5) is 0 Å². The van der Waals surface area contributed by atoms with Gasteiger partial charge in [0.2, 0.25) is 0 Å². The predicted molar refractivity (Wildman–Crippen MR) is 94.8 cm³/mol. The van der Waals surface area contributed by atoms with E-state index in [0.29, 0.717) is 6.04 Å². The Morgan fingerprint density at radius 3 is 2.95 bits per heavy atom. The van der Waals surface area contributed by atoms with Crippen LogP contribution < -0.4 is 5.32 Å². The van der Waals surface area contributed by atoms with Gasteiger partial charge in [0.1, 0.15) is 0 Å². The van der Waals surface area contributed by atoms with Crippen molar-refractivity contribution in [3.8, 4) is 10.4 Å². The minimum atomic E-state index is 0.394. The molecule has 1 atom stereocenters. The minimum absolute atomic E-state index is 0.394. The summed E-state index contributed by atoms with van der Waals surface area (Å²) in [5.41, 5.74) is 2.27. The molecule has 0 saturated carbocycles. The highest BCUT2D eigenvalue weighted by Crippen LogP contribution is 2.35. The van der Waals surface area contributed by atoms with E-state index in [2.05, 4.69) is 76.5 Å². The fraction of sp³-hybridized carbons (Fsp3) is 0.235. The number of aromatic nitrogens is 1. The van der Waals surface area contributed by atoms with Crippen LogP contribution in [0.1, 0.15) is 24.8 Å². The van der Waals surface area contributed by atoms with E-state index >= 15 is 0 Å². The van der Waals surface area contributed by atoms with Crippen LogP contribution in [-0.2, 0) is 0 Å². The monoisotopic (exact) mass is 360 g/mol. The smallest absolute Gasteiger partial charge is 0.0789 e. The number of hydrogen-bond acceptors (Lipinski definition) is 3. The average molecular weight is 361 g/mol. The summed E-state index contributed by atoms with van der Waals surface area (Å²) < 4.78 is 1.01. The normalized spacial score (nSPS) is 12.7. The second-order valence-corrected chi connectivity index (χ2v) is 7.04. The lowest BCUT2D eigenvalue weighted by atomic mass is 10.1. The molecule has 2 aromatic heterocycles. The van der Waals surface area contributed by atoms with E-state index in [1.807, 2.05) is 17.5 Å². The van der Waals surface area contributed by atoms with Gasteiger partial charge in [-0.3, -0.25) is 4.98 Å². The van der Waals surface area contributed by atoms with Gasteiger partial charge in [-0.2, -0.15) is 0 Å². The first-order valence-electron chi connectivity index (χ1n) is 7.07. The van der Waals surface area contributed by atoms with Gasteiger partial charge in [-0.05, 0) is 47.6 Å². The molecule has 0 spiro atoms. The summed E-state index contributed by atoms with van der Waals surface area (Å²) in [7, 11) is 0. The van der Waals surface area contributed by atoms with E-state index < -0.39 is 0 Å². The summed E-state index contributed by atoms with van der Waals surface area (Å²) >= 11 is 5.32. The van der Waals surface area contributed by atoms with Crippen molar-refractivity contribution in [2.75, 3.05) is 6.54 Å². The zero-order chi connectivity index (χ0) is 14.8. The van der Waals surface area contributed by atoms with Crippen molar-refractivity contribution in [1.29, 1.82) is 0 Å². The van der Waals surface area contributed by atoms with E-state index in [1.54, 1.807) is 0 Å². The van der Waals surface area contributed by atoms with Crippen molar-refractivity contribution in [3.63, 3.8) is 0 Å². The third-order valence-corrected chi connectivity index (χ3v) is 5.24. The lowest BCUT2D eigenvalue weighted by Crippen LogP contribution is -2.16. The topological polar surface area (TPSA) is 24.9 Å². The quantitative estimate of drug-likeness (QED) is 0.673. The summed E-state index contributed by atoms with van der Waals surface area (Å²) in [6.07, 6.45) is 1.86. The summed E-state index contributed by atoms with van der Waals surface area (Å²) in [4.78, 5) is 7.23. The van der Waals surface area contributed by atoms with Gasteiger partial charge < -0.3 is 5.32 Å². The van der Waals surface area contributed by atoms with Crippen LogP contribution in [-0.4, -0.2) is 11.5 Å². The standard InChI is InChI=1S/C17H17BrN2S/c1-3-19-11(2)15-7-8-16(21-15)14-6-4-5-12-9-13(18)10-20-17(12)14/h4-11,19H,3H2,1-2H3. The van der Waals surface area contributed by atoms with Crippen molar-refractivity contribution >= 4 is 38.2 Å². The van der Waals surface area contributed by atoms with E-state index in [9.17, 15) is 0 Å². The van der Waals surface area contributed by atoms with Gasteiger partial charge in [-0.1, -0.05) is 25.1 Å². The molecule has 3 rings (SSSR count). The molecule has 1 aromatic carbocycles. The second kappa shape index (κ2) is 6.26. The number of nitrogens with one attached hydrogen (secondary N) is 1. The molecule has 4 heteroatoms. The molecule has 0 aliphatic heterocycles. The van der Waals surface area contributed by atoms with Crippen LogP contribution in [0.25, 0.3) is 21.3 Å². The molecule has 0 aliphatic carbocycles. The minimum Gasteiger partial charge on any atom is -0.310 e. The lowest BCUT2D eigenvalue weighted by Gasteiger charge is -2.09. The molecule has 0 fully saturated rings. The fourth-order valence-corrected chi connectivity index (χ4v) is 3.88. The molecule has 21 heavy (non-hydrogen) atoms. The molecule has 1 unspecified atom stereocenters. The Hall–Kier alpha value is -1.23. The molecular weight excluding hydrogens is 344 g/mol. The Labute approximate surface area is 137 Å². The molecule has 0 amide bonds. The molecule has 0 aliphatic rings. The summed E-state index contributed by atoms with van der Waals surface area (Å²) in [6, 6.07) is 13.3. The highest BCUT2D eigenvalue weighted by Gasteiger charge is 2.11. The van der Waals surface area contributed by atoms with E-state index in [-0.39, 0.29) is 0 Å². The maximum absolute atomic E-state index is 4.59. The van der Waals surface area contributed by atoms with Crippen LogP contribution in [0.3, 0.4) is 0 Å². The maximum Gasteiger partial charge on any atom is 0.0789 e. The van der Waals surface area contributed by atoms with Gasteiger partial charge in [0, 0.05) is 37.4 Å². The number of benzene rings is 1. The number of pyridine rings is 1. The number of nitrogens with zero attached hydrogens (tertiary/aromatic N) is 1. The van der Waals surface area contributed by atoms with Crippen LogP contribution in [0.15, 0.2) is 47.1 Å². The summed E-state index contributed by atoms with van der Waals surface area (Å²) in [6.45, 7) is 5.33. The van der Waals surface area contributed by atoms with Gasteiger partial charge in [0.25, 0.3) is 0 Å². The Bertz CT molecular complexity index is 766. The zero-order valence-electron chi connectivity index (χ0n) is 12.1. The zero-order valence-corrected chi connectivity index (χ0v) is 14.5. The molecule has 2 nitrogen and oxygen atoms in total. The van der Waals surface area contributed by atoms with Gasteiger partial charge in [0.05, 0.1) is 5.52 Å². The van der Waals surface area contributed by atoms with Gasteiger partial charge in [0.15, 0.2) is 0 Å². The molecule has 0 saturated heterocycles. The molecule has 2 heterocycles. The van der Waals surface area contributed by atoms with Crippen molar-refractivity contribution in [2.45, 2.75) is 19.9 Å². The largest absolute Gasteiger partial charge is 0.310 e. The number of hydrogen-bond donors (Lipinski definition) is 1. The van der Waals surface area contributed by atoms with Crippen molar-refractivity contribution < 1.29 is 0 Å². The molecular formula is C17H17BrN2S. The second-order valence-electron chi connectivity index (χ2n) is 5.01.